The van der Waals surface area contributed by atoms with Crippen molar-refractivity contribution in [1.29, 1.82) is 0 Å². The molecule has 0 radical (unpaired) electrons. The molecule has 1 aromatic rings. The van der Waals surface area contributed by atoms with Crippen LogP contribution in [0.2, 0.25) is 0 Å². The van der Waals surface area contributed by atoms with Gasteiger partial charge in [0.2, 0.25) is 11.6 Å². The maximum absolute atomic E-state index is 12.6. The average molecular weight is 380 g/mol. The normalized spacial score (nSPS) is 21.2. The lowest BCUT2D eigenvalue weighted by molar-refractivity contribution is -0.161. The van der Waals surface area contributed by atoms with Crippen LogP contribution in [-0.4, -0.2) is 41.1 Å². The number of thiophene rings is 1. The number of allylic oxidation sites excluding steroid dienone is 2. The van der Waals surface area contributed by atoms with Crippen molar-refractivity contribution in [2.45, 2.75) is 51.1 Å². The van der Waals surface area contributed by atoms with Gasteiger partial charge in [0.05, 0.1) is 15.9 Å². The lowest BCUT2D eigenvalue weighted by Gasteiger charge is -2.22. The molecule has 0 bridgehead atoms. The average Bonchev–Trinajstić information content (AvgIpc) is 3.15. The number of fused-ring (bicyclic) bond motifs is 1. The number of esters is 1. The van der Waals surface area contributed by atoms with Crippen LogP contribution in [0.5, 0.6) is 0 Å². The molecule has 0 saturated heterocycles. The molecular weight excluding hydrogens is 360 g/mol. The monoisotopic (exact) mass is 380 g/mol. The fraction of sp³-hybridized carbons (Fsp3) is 0.500. The third kappa shape index (κ3) is 3.73. The molecule has 0 fully saturated rings. The van der Waals surface area contributed by atoms with Gasteiger partial charge in [-0.25, -0.2) is 4.79 Å². The molecule has 1 aromatic heterocycles. The minimum Gasteiger partial charge on any atom is -0.458 e. The van der Waals surface area contributed by atoms with E-state index in [-0.39, 0.29) is 29.5 Å². The van der Waals surface area contributed by atoms with Crippen molar-refractivity contribution in [2.24, 2.45) is 0 Å². The molecular formula is C18H20O5S2. The van der Waals surface area contributed by atoms with E-state index in [9.17, 15) is 14.4 Å². The Morgan fingerprint density at radius 1 is 1.32 bits per heavy atom. The van der Waals surface area contributed by atoms with Crippen LogP contribution >= 0.6 is 23.1 Å². The van der Waals surface area contributed by atoms with E-state index in [2.05, 4.69) is 0 Å². The molecule has 0 spiro atoms. The zero-order valence-electron chi connectivity index (χ0n) is 14.6. The van der Waals surface area contributed by atoms with E-state index in [1.54, 1.807) is 32.2 Å². The Kier molecular flexibility index (Phi) is 4.92. The van der Waals surface area contributed by atoms with Crippen molar-refractivity contribution in [3.05, 3.63) is 32.4 Å². The lowest BCUT2D eigenvalue weighted by Crippen LogP contribution is -2.30. The zero-order valence-corrected chi connectivity index (χ0v) is 16.2. The molecule has 0 N–H and O–H groups in total. The van der Waals surface area contributed by atoms with E-state index in [0.29, 0.717) is 27.3 Å². The van der Waals surface area contributed by atoms with Crippen LogP contribution in [0.3, 0.4) is 0 Å². The number of hydrogen-bond donors (Lipinski definition) is 0. The van der Waals surface area contributed by atoms with Crippen LogP contribution in [0.15, 0.2) is 21.9 Å². The molecule has 3 rings (SSSR count). The molecule has 2 atom stereocenters. The van der Waals surface area contributed by atoms with Crippen molar-refractivity contribution in [2.75, 3.05) is 6.61 Å². The fourth-order valence-corrected chi connectivity index (χ4v) is 5.02. The highest BCUT2D eigenvalue weighted by Gasteiger charge is 2.41. The predicted molar refractivity (Wildman–Crippen MR) is 97.3 cm³/mol. The van der Waals surface area contributed by atoms with Crippen LogP contribution < -0.4 is 0 Å². The summed E-state index contributed by atoms with van der Waals surface area (Å²) in [6, 6.07) is 1.71. The summed E-state index contributed by atoms with van der Waals surface area (Å²) in [4.78, 5) is 38.0. The predicted octanol–water partition coefficient (Wildman–Crippen LogP) is 3.63. The molecule has 25 heavy (non-hydrogen) atoms. The second-order valence-corrected chi connectivity index (χ2v) is 9.26. The maximum atomic E-state index is 12.6. The molecule has 0 amide bonds. The van der Waals surface area contributed by atoms with Gasteiger partial charge in [0, 0.05) is 16.4 Å². The van der Waals surface area contributed by atoms with Crippen molar-refractivity contribution in [3.8, 4) is 0 Å². The van der Waals surface area contributed by atoms with Crippen LogP contribution in [0, 0.1) is 0 Å². The van der Waals surface area contributed by atoms with Crippen molar-refractivity contribution in [3.63, 3.8) is 0 Å². The van der Waals surface area contributed by atoms with E-state index in [1.807, 2.05) is 6.92 Å². The summed E-state index contributed by atoms with van der Waals surface area (Å²) in [6.07, 6.45) is 0.207. The van der Waals surface area contributed by atoms with Crippen molar-refractivity contribution < 1.29 is 23.9 Å². The molecule has 1 aliphatic carbocycles. The third-order valence-electron chi connectivity index (χ3n) is 3.95. The van der Waals surface area contributed by atoms with Gasteiger partial charge in [-0.15, -0.1) is 23.1 Å². The quantitative estimate of drug-likeness (QED) is 0.743. The van der Waals surface area contributed by atoms with Crippen LogP contribution in [-0.2, 0) is 14.3 Å². The van der Waals surface area contributed by atoms with Gasteiger partial charge in [-0.3, -0.25) is 9.59 Å². The van der Waals surface area contributed by atoms with E-state index >= 15 is 0 Å². The first-order valence-electron chi connectivity index (χ1n) is 8.07. The fourth-order valence-electron chi connectivity index (χ4n) is 2.81. The molecule has 0 saturated carbocycles. The second kappa shape index (κ2) is 6.70. The molecule has 134 valence electrons. The summed E-state index contributed by atoms with van der Waals surface area (Å²) in [6.45, 7) is 7.11. The number of carbonyl (C=O) groups excluding carboxylic acids is 3. The van der Waals surface area contributed by atoms with Gasteiger partial charge in [0.15, 0.2) is 0 Å². The summed E-state index contributed by atoms with van der Waals surface area (Å²) in [5, 5.41) is 1.71. The van der Waals surface area contributed by atoms with Gasteiger partial charge in [0.25, 0.3) is 0 Å². The largest absolute Gasteiger partial charge is 0.458 e. The molecule has 7 heteroatoms. The summed E-state index contributed by atoms with van der Waals surface area (Å²) in [7, 11) is 0. The van der Waals surface area contributed by atoms with Gasteiger partial charge in [-0.1, -0.05) is 0 Å². The Balaban J connectivity index is 1.61. The van der Waals surface area contributed by atoms with Gasteiger partial charge < -0.3 is 9.47 Å². The SMILES string of the molecule is CC(OCC(=O)OC(C)(C)C)C1CC2=C(S1)C(=O)c1ccsc1C2=O. The highest BCUT2D eigenvalue weighted by Crippen LogP contribution is 2.46. The molecule has 2 heterocycles. The lowest BCUT2D eigenvalue weighted by atomic mass is 9.93. The summed E-state index contributed by atoms with van der Waals surface area (Å²) < 4.78 is 10.9. The van der Waals surface area contributed by atoms with Crippen LogP contribution in [0.25, 0.3) is 0 Å². The van der Waals surface area contributed by atoms with Crippen molar-refractivity contribution in [1.82, 2.24) is 0 Å². The highest BCUT2D eigenvalue weighted by atomic mass is 32.2. The minimum atomic E-state index is -0.553. The molecule has 2 unspecified atom stereocenters. The Morgan fingerprint density at radius 3 is 2.72 bits per heavy atom. The number of Topliss-reactive ketones (excluding diaryl/α,β-unsaturated/α-hetero) is 2. The zero-order chi connectivity index (χ0) is 18.4. The van der Waals surface area contributed by atoms with Crippen LogP contribution in [0.1, 0.15) is 54.1 Å². The third-order valence-corrected chi connectivity index (χ3v) is 6.39. The van der Waals surface area contributed by atoms with Gasteiger partial charge >= 0.3 is 5.97 Å². The Labute approximate surface area is 154 Å². The summed E-state index contributed by atoms with van der Waals surface area (Å²) in [5.74, 6) is -0.541. The minimum absolute atomic E-state index is 0.0473. The Bertz CT molecular complexity index is 726. The topological polar surface area (TPSA) is 69.7 Å². The van der Waals surface area contributed by atoms with E-state index in [4.69, 9.17) is 9.47 Å². The highest BCUT2D eigenvalue weighted by molar-refractivity contribution is 8.05. The smallest absolute Gasteiger partial charge is 0.332 e. The molecule has 2 aliphatic rings. The number of carbonyl (C=O) groups is 3. The van der Waals surface area contributed by atoms with Crippen molar-refractivity contribution >= 4 is 40.6 Å². The van der Waals surface area contributed by atoms with E-state index in [0.717, 1.165) is 0 Å². The number of thioether (sulfide) groups is 1. The first kappa shape index (κ1) is 18.4. The van der Waals surface area contributed by atoms with Gasteiger partial charge in [-0.2, -0.15) is 0 Å². The maximum Gasteiger partial charge on any atom is 0.332 e. The Hall–Kier alpha value is -1.44. The van der Waals surface area contributed by atoms with Gasteiger partial charge in [0.1, 0.15) is 12.2 Å². The van der Waals surface area contributed by atoms with Gasteiger partial charge in [-0.05, 0) is 45.6 Å². The second-order valence-electron chi connectivity index (χ2n) is 7.09. The number of ketones is 2. The molecule has 1 aliphatic heterocycles. The summed E-state index contributed by atoms with van der Waals surface area (Å²) >= 11 is 2.69. The number of ether oxygens (including phenoxy) is 2. The standard InChI is InChI=1S/C18H20O5S2/c1-9(22-8-13(19)23-18(2,3)4)12-7-11-15(21)16-10(5-6-24-16)14(20)17(11)25-12/h5-6,9,12H,7-8H2,1-4H3. The first-order valence-corrected chi connectivity index (χ1v) is 9.83. The molecule has 5 nitrogen and oxygen atoms in total. The van der Waals surface area contributed by atoms with Crippen LogP contribution in [0.4, 0.5) is 0 Å². The first-order chi connectivity index (χ1) is 11.7. The summed E-state index contributed by atoms with van der Waals surface area (Å²) in [5.41, 5.74) is 0.537. The Morgan fingerprint density at radius 2 is 2.04 bits per heavy atom. The molecule has 0 aromatic carbocycles. The van der Waals surface area contributed by atoms with E-state index in [1.165, 1.54) is 23.1 Å². The number of hydrogen-bond acceptors (Lipinski definition) is 7. The number of rotatable bonds is 4. The van der Waals surface area contributed by atoms with E-state index < -0.39 is 11.6 Å².